The maximum Gasteiger partial charge on any atom is 0.303 e. The fraction of sp³-hybridized carbons (Fsp3) is 0.295. The number of imide groups is 2. The number of amides is 4. The lowest BCUT2D eigenvalue weighted by molar-refractivity contribution is -0.142. The molecule has 0 bridgehead atoms. The van der Waals surface area contributed by atoms with Crippen LogP contribution in [0.5, 0.6) is 11.5 Å². The van der Waals surface area contributed by atoms with Crippen LogP contribution in [0.25, 0.3) is 0 Å². The number of phenols is 1. The van der Waals surface area contributed by atoms with Crippen LogP contribution in [0.4, 0.5) is 5.69 Å². The number of anilines is 1. The highest BCUT2D eigenvalue weighted by atomic mass is 16.5. The Bertz CT molecular complexity index is 2210. The third-order valence-electron chi connectivity index (χ3n) is 11.8. The van der Waals surface area contributed by atoms with Crippen molar-refractivity contribution >= 4 is 35.3 Å². The Morgan fingerprint density at radius 2 is 1.58 bits per heavy atom. The lowest BCUT2D eigenvalue weighted by Crippen LogP contribution is -2.53. The van der Waals surface area contributed by atoms with Crippen LogP contribution >= 0.6 is 0 Å². The number of likely N-dealkylation sites (tertiary alicyclic amines) is 1. The predicted molar refractivity (Wildman–Crippen MR) is 201 cm³/mol. The molecule has 2 saturated heterocycles. The minimum absolute atomic E-state index is 0.0171. The Balaban J connectivity index is 1.26. The molecule has 280 valence electrons. The lowest BCUT2D eigenvalue weighted by atomic mass is 9.49. The molecule has 8 rings (SSSR count). The summed E-state index contributed by atoms with van der Waals surface area (Å²) in [5.74, 6) is -6.48. The first-order chi connectivity index (χ1) is 26.6. The molecule has 3 fully saturated rings. The summed E-state index contributed by atoms with van der Waals surface area (Å²) in [6, 6.07) is 31.0. The number of nitrogens with one attached hydrogen (secondary N) is 1. The number of carboxylic acids is 1. The minimum Gasteiger partial charge on any atom is -0.508 e. The highest BCUT2D eigenvalue weighted by molar-refractivity contribution is 6.13. The summed E-state index contributed by atoms with van der Waals surface area (Å²) >= 11 is 0. The largest absolute Gasteiger partial charge is 0.508 e. The monoisotopic (exact) mass is 739 g/mol. The number of carbonyl (C=O) groups is 5. The number of hydrazine groups is 1. The SMILES string of the molecule is Cc1ccc(NN2C(=O)[C@@H]3C[C@@H]4C(=CC[C@@H]5C(=O)N(CCCC(=O)O)C(=O)[C@@H]54)[C@H](c4ccc(OCc5ccccc5)cc4O)[C@]3(c3ccccc3)C2=O)cc1. The van der Waals surface area contributed by atoms with Gasteiger partial charge in [-0.2, -0.15) is 5.01 Å². The smallest absolute Gasteiger partial charge is 0.303 e. The van der Waals surface area contributed by atoms with Crippen molar-refractivity contribution in [3.63, 3.8) is 0 Å². The Hall–Kier alpha value is -6.23. The van der Waals surface area contributed by atoms with E-state index in [0.29, 0.717) is 28.1 Å². The summed E-state index contributed by atoms with van der Waals surface area (Å²) in [7, 11) is 0. The summed E-state index contributed by atoms with van der Waals surface area (Å²) in [6.45, 7) is 2.19. The molecule has 55 heavy (non-hydrogen) atoms. The van der Waals surface area contributed by atoms with Crippen molar-refractivity contribution in [2.75, 3.05) is 12.0 Å². The van der Waals surface area contributed by atoms with Gasteiger partial charge in [0.2, 0.25) is 11.8 Å². The summed E-state index contributed by atoms with van der Waals surface area (Å²) in [6.07, 6.45) is 2.19. The van der Waals surface area contributed by atoms with E-state index in [4.69, 9.17) is 4.74 Å². The number of fused-ring (bicyclic) bond motifs is 4. The number of hydrogen-bond donors (Lipinski definition) is 3. The number of nitrogens with zero attached hydrogens (tertiary/aromatic N) is 2. The second kappa shape index (κ2) is 14.2. The number of allylic oxidation sites excluding steroid dienone is 2. The Labute approximate surface area is 318 Å². The van der Waals surface area contributed by atoms with Crippen molar-refractivity contribution < 1.29 is 38.9 Å². The molecule has 0 spiro atoms. The Morgan fingerprint density at radius 3 is 2.27 bits per heavy atom. The van der Waals surface area contributed by atoms with E-state index in [1.807, 2.05) is 85.8 Å². The molecule has 0 unspecified atom stereocenters. The molecule has 2 aliphatic carbocycles. The van der Waals surface area contributed by atoms with E-state index in [9.17, 15) is 29.4 Å². The molecule has 4 amide bonds. The third kappa shape index (κ3) is 6.04. The fourth-order valence-corrected chi connectivity index (χ4v) is 9.36. The zero-order chi connectivity index (χ0) is 38.4. The van der Waals surface area contributed by atoms with Crippen LogP contribution in [0.2, 0.25) is 0 Å². The van der Waals surface area contributed by atoms with Gasteiger partial charge in [-0.1, -0.05) is 96.1 Å². The van der Waals surface area contributed by atoms with Gasteiger partial charge in [0.25, 0.3) is 11.8 Å². The molecular formula is C44H41N3O8. The highest BCUT2D eigenvalue weighted by Crippen LogP contribution is 2.65. The number of ether oxygens (including phenoxy) is 1. The van der Waals surface area contributed by atoms with E-state index < -0.39 is 58.7 Å². The first kappa shape index (κ1) is 35.8. The molecular weight excluding hydrogens is 698 g/mol. The van der Waals surface area contributed by atoms with E-state index in [1.54, 1.807) is 24.3 Å². The van der Waals surface area contributed by atoms with E-state index in [0.717, 1.165) is 16.1 Å². The van der Waals surface area contributed by atoms with Gasteiger partial charge in [0, 0.05) is 30.5 Å². The number of rotatable bonds is 11. The van der Waals surface area contributed by atoms with Gasteiger partial charge in [-0.3, -0.25) is 34.3 Å². The molecule has 2 aliphatic heterocycles. The standard InChI is InChI=1S/C44H41N3O8/c1-26-14-16-29(17-15-26)45-47-41(52)35-24-34-31(20-21-33-38(34)42(53)46(40(33)51)22-8-13-37(49)50)39(44(35,43(47)54)28-11-6-3-7-12-28)32-19-18-30(23-36(32)48)55-25-27-9-4-2-5-10-27/h2-7,9-12,14-20,23,33-35,38-39,45,48H,8,13,21-22,24-25H2,1H3,(H,49,50)/t33-,34+,35-,38-,39+,44+/m0/s1. The van der Waals surface area contributed by atoms with Crippen molar-refractivity contribution in [2.45, 2.75) is 50.5 Å². The van der Waals surface area contributed by atoms with Gasteiger partial charge in [0.15, 0.2) is 0 Å². The second-order valence-corrected chi connectivity index (χ2v) is 14.9. The average Bonchev–Trinajstić information content (AvgIpc) is 3.56. The van der Waals surface area contributed by atoms with Crippen molar-refractivity contribution in [1.29, 1.82) is 0 Å². The van der Waals surface area contributed by atoms with Crippen LogP contribution in [-0.2, 0) is 36.0 Å². The van der Waals surface area contributed by atoms with Gasteiger partial charge < -0.3 is 14.9 Å². The number of carboxylic acid groups (broad SMARTS) is 1. The topological polar surface area (TPSA) is 154 Å². The predicted octanol–water partition coefficient (Wildman–Crippen LogP) is 6.13. The highest BCUT2D eigenvalue weighted by Gasteiger charge is 2.70. The van der Waals surface area contributed by atoms with Crippen LogP contribution in [0.15, 0.2) is 115 Å². The molecule has 3 N–H and O–H groups in total. The van der Waals surface area contributed by atoms with Crippen molar-refractivity contribution in [2.24, 2.45) is 23.7 Å². The molecule has 11 heteroatoms. The first-order valence-corrected chi connectivity index (χ1v) is 18.6. The molecule has 0 aromatic heterocycles. The maximum absolute atomic E-state index is 15.3. The van der Waals surface area contributed by atoms with E-state index >= 15 is 4.79 Å². The molecule has 4 aliphatic rings. The van der Waals surface area contributed by atoms with E-state index in [-0.39, 0.29) is 50.5 Å². The van der Waals surface area contributed by atoms with Crippen molar-refractivity contribution in [3.8, 4) is 11.5 Å². The van der Waals surface area contributed by atoms with Crippen LogP contribution in [0.1, 0.15) is 53.9 Å². The van der Waals surface area contributed by atoms with E-state index in [1.165, 1.54) is 11.0 Å². The summed E-state index contributed by atoms with van der Waals surface area (Å²) in [5.41, 5.74) is 5.72. The normalized spacial score (nSPS) is 25.6. The van der Waals surface area contributed by atoms with Gasteiger partial charge in [-0.05, 0) is 61.4 Å². The lowest BCUT2D eigenvalue weighted by Gasteiger charge is -2.50. The van der Waals surface area contributed by atoms with Crippen LogP contribution in [0, 0.1) is 30.6 Å². The van der Waals surface area contributed by atoms with Gasteiger partial charge >= 0.3 is 5.97 Å². The number of aryl methyl sites for hydroxylation is 1. The van der Waals surface area contributed by atoms with Crippen LogP contribution in [0.3, 0.4) is 0 Å². The van der Waals surface area contributed by atoms with Crippen LogP contribution < -0.4 is 10.2 Å². The third-order valence-corrected chi connectivity index (χ3v) is 11.8. The number of carbonyl (C=O) groups excluding carboxylic acids is 4. The number of benzene rings is 4. The van der Waals surface area contributed by atoms with Crippen LogP contribution in [-0.4, -0.2) is 56.3 Å². The zero-order valence-electron chi connectivity index (χ0n) is 30.3. The van der Waals surface area contributed by atoms with E-state index in [2.05, 4.69) is 5.43 Å². The average molecular weight is 740 g/mol. The molecule has 4 aromatic carbocycles. The second-order valence-electron chi connectivity index (χ2n) is 14.9. The van der Waals surface area contributed by atoms with Crippen molar-refractivity contribution in [1.82, 2.24) is 9.91 Å². The molecule has 6 atom stereocenters. The quantitative estimate of drug-likeness (QED) is 0.122. The minimum atomic E-state index is -1.54. The van der Waals surface area contributed by atoms with Gasteiger partial charge in [-0.15, -0.1) is 0 Å². The summed E-state index contributed by atoms with van der Waals surface area (Å²) in [5, 5.41) is 22.3. The van der Waals surface area contributed by atoms with Gasteiger partial charge in [-0.25, -0.2) is 0 Å². The maximum atomic E-state index is 15.3. The zero-order valence-corrected chi connectivity index (χ0v) is 30.3. The first-order valence-electron chi connectivity index (χ1n) is 18.6. The number of phenolic OH excluding ortho intramolecular Hbond substituents is 1. The molecule has 0 radical (unpaired) electrons. The number of aliphatic carboxylic acids is 1. The molecule has 4 aromatic rings. The Morgan fingerprint density at radius 1 is 0.873 bits per heavy atom. The van der Waals surface area contributed by atoms with Gasteiger partial charge in [0.1, 0.15) is 18.1 Å². The molecule has 1 saturated carbocycles. The number of aromatic hydroxyl groups is 1. The molecule has 2 heterocycles. The number of hydrogen-bond acceptors (Lipinski definition) is 8. The van der Waals surface area contributed by atoms with Crippen molar-refractivity contribution in [3.05, 3.63) is 137 Å². The molecule has 11 nitrogen and oxygen atoms in total. The summed E-state index contributed by atoms with van der Waals surface area (Å²) in [4.78, 5) is 70.6. The fourth-order valence-electron chi connectivity index (χ4n) is 9.36. The summed E-state index contributed by atoms with van der Waals surface area (Å²) < 4.78 is 6.05. The van der Waals surface area contributed by atoms with Gasteiger partial charge in [0.05, 0.1) is 28.9 Å². The Kier molecular flexibility index (Phi) is 9.24.